The van der Waals surface area contributed by atoms with Crippen LogP contribution in [0.15, 0.2) is 18.2 Å². The van der Waals surface area contributed by atoms with Gasteiger partial charge in [-0.15, -0.1) is 0 Å². The van der Waals surface area contributed by atoms with Crippen LogP contribution < -0.4 is 5.32 Å². The van der Waals surface area contributed by atoms with E-state index in [1.165, 1.54) is 0 Å². The number of carbonyl (C=O) groups excluding carboxylic acids is 1. The number of rotatable bonds is 5. The molecule has 2 N–H and O–H groups in total. The van der Waals surface area contributed by atoms with Crippen molar-refractivity contribution in [1.29, 1.82) is 0 Å². The fraction of sp³-hybridized carbons (Fsp3) is 0.562. The highest BCUT2D eigenvalue weighted by molar-refractivity contribution is 6.00. The first kappa shape index (κ1) is 14.9. The van der Waals surface area contributed by atoms with Gasteiger partial charge in [0.15, 0.2) is 0 Å². The SMILES string of the molecule is CCCNc1ccc(C)cc1C(=O)N1CCCC1CO. The molecule has 4 heteroatoms. The standard InChI is InChI=1S/C16H24N2O2/c1-3-8-17-15-7-6-12(2)10-14(15)16(20)18-9-4-5-13(18)11-19/h6-7,10,13,17,19H,3-5,8-9,11H2,1-2H3. The number of aliphatic hydroxyl groups excluding tert-OH is 1. The summed E-state index contributed by atoms with van der Waals surface area (Å²) < 4.78 is 0. The molecular weight excluding hydrogens is 252 g/mol. The lowest BCUT2D eigenvalue weighted by Gasteiger charge is -2.24. The Kier molecular flexibility index (Phi) is 5.01. The van der Waals surface area contributed by atoms with Crippen LogP contribution in [0.25, 0.3) is 0 Å². The predicted octanol–water partition coefficient (Wildman–Crippen LogP) is 2.41. The van der Waals surface area contributed by atoms with E-state index < -0.39 is 0 Å². The summed E-state index contributed by atoms with van der Waals surface area (Å²) in [6, 6.07) is 5.90. The topological polar surface area (TPSA) is 52.6 Å². The maximum Gasteiger partial charge on any atom is 0.256 e. The number of anilines is 1. The number of aryl methyl sites for hydroxylation is 1. The van der Waals surface area contributed by atoms with Gasteiger partial charge in [-0.3, -0.25) is 4.79 Å². The van der Waals surface area contributed by atoms with Gasteiger partial charge in [0.2, 0.25) is 0 Å². The highest BCUT2D eigenvalue weighted by Gasteiger charge is 2.29. The molecule has 1 atom stereocenters. The van der Waals surface area contributed by atoms with Crippen molar-refractivity contribution in [3.63, 3.8) is 0 Å². The predicted molar refractivity (Wildman–Crippen MR) is 81.1 cm³/mol. The molecular formula is C16H24N2O2. The van der Waals surface area contributed by atoms with Crippen LogP contribution in [0.4, 0.5) is 5.69 Å². The molecule has 1 unspecified atom stereocenters. The number of benzene rings is 1. The van der Waals surface area contributed by atoms with Crippen LogP contribution in [-0.4, -0.2) is 41.7 Å². The summed E-state index contributed by atoms with van der Waals surface area (Å²) >= 11 is 0. The monoisotopic (exact) mass is 276 g/mol. The van der Waals surface area contributed by atoms with E-state index in [1.54, 1.807) is 0 Å². The van der Waals surface area contributed by atoms with Crippen molar-refractivity contribution in [1.82, 2.24) is 4.90 Å². The minimum absolute atomic E-state index is 0.0259. The summed E-state index contributed by atoms with van der Waals surface area (Å²) in [5.74, 6) is 0.0313. The Balaban J connectivity index is 2.25. The Morgan fingerprint density at radius 3 is 3.00 bits per heavy atom. The van der Waals surface area contributed by atoms with Gasteiger partial charge in [0.1, 0.15) is 0 Å². The van der Waals surface area contributed by atoms with E-state index in [-0.39, 0.29) is 18.6 Å². The second-order valence-corrected chi connectivity index (χ2v) is 5.45. The van der Waals surface area contributed by atoms with E-state index in [2.05, 4.69) is 12.2 Å². The van der Waals surface area contributed by atoms with Crippen molar-refractivity contribution >= 4 is 11.6 Å². The minimum atomic E-state index is -0.0259. The third kappa shape index (κ3) is 3.12. The van der Waals surface area contributed by atoms with Crippen LogP contribution in [0.5, 0.6) is 0 Å². The Hall–Kier alpha value is -1.55. The number of amides is 1. The molecule has 0 radical (unpaired) electrons. The Labute approximate surface area is 120 Å². The van der Waals surface area contributed by atoms with Crippen molar-refractivity contribution in [2.24, 2.45) is 0 Å². The first-order valence-corrected chi connectivity index (χ1v) is 7.43. The van der Waals surface area contributed by atoms with E-state index in [0.29, 0.717) is 0 Å². The molecule has 1 aromatic carbocycles. The first-order chi connectivity index (χ1) is 9.67. The molecule has 1 saturated heterocycles. The maximum absolute atomic E-state index is 12.7. The van der Waals surface area contributed by atoms with Gasteiger partial charge in [-0.05, 0) is 38.3 Å². The van der Waals surface area contributed by atoms with Gasteiger partial charge in [-0.2, -0.15) is 0 Å². The lowest BCUT2D eigenvalue weighted by Crippen LogP contribution is -2.38. The zero-order chi connectivity index (χ0) is 14.5. The summed E-state index contributed by atoms with van der Waals surface area (Å²) in [5.41, 5.74) is 2.69. The van der Waals surface area contributed by atoms with Crippen molar-refractivity contribution in [3.8, 4) is 0 Å². The number of hydrogen-bond donors (Lipinski definition) is 2. The Morgan fingerprint density at radius 1 is 1.50 bits per heavy atom. The van der Waals surface area contributed by atoms with Crippen LogP contribution in [0.3, 0.4) is 0 Å². The van der Waals surface area contributed by atoms with Gasteiger partial charge in [0.25, 0.3) is 5.91 Å². The number of hydrogen-bond acceptors (Lipinski definition) is 3. The zero-order valence-corrected chi connectivity index (χ0v) is 12.4. The van der Waals surface area contributed by atoms with Gasteiger partial charge in [-0.25, -0.2) is 0 Å². The fourth-order valence-electron chi connectivity index (χ4n) is 2.70. The highest BCUT2D eigenvalue weighted by Crippen LogP contribution is 2.24. The minimum Gasteiger partial charge on any atom is -0.394 e. The lowest BCUT2D eigenvalue weighted by atomic mass is 10.1. The average Bonchev–Trinajstić information content (AvgIpc) is 2.93. The highest BCUT2D eigenvalue weighted by atomic mass is 16.3. The van der Waals surface area contributed by atoms with Crippen LogP contribution in [0.2, 0.25) is 0 Å². The van der Waals surface area contributed by atoms with E-state index in [4.69, 9.17) is 0 Å². The zero-order valence-electron chi connectivity index (χ0n) is 12.4. The molecule has 4 nitrogen and oxygen atoms in total. The molecule has 1 heterocycles. The Morgan fingerprint density at radius 2 is 2.30 bits per heavy atom. The molecule has 1 aliphatic rings. The van der Waals surface area contributed by atoms with Gasteiger partial charge < -0.3 is 15.3 Å². The smallest absolute Gasteiger partial charge is 0.256 e. The van der Waals surface area contributed by atoms with Crippen LogP contribution in [0.1, 0.15) is 42.1 Å². The van der Waals surface area contributed by atoms with Crippen molar-refractivity contribution in [2.45, 2.75) is 39.2 Å². The molecule has 20 heavy (non-hydrogen) atoms. The summed E-state index contributed by atoms with van der Waals surface area (Å²) in [6.07, 6.45) is 2.89. The number of aliphatic hydroxyl groups is 1. The number of nitrogens with zero attached hydrogens (tertiary/aromatic N) is 1. The van der Waals surface area contributed by atoms with E-state index in [0.717, 1.165) is 49.2 Å². The largest absolute Gasteiger partial charge is 0.394 e. The summed E-state index contributed by atoms with van der Waals surface area (Å²) in [7, 11) is 0. The molecule has 0 aliphatic carbocycles. The first-order valence-electron chi connectivity index (χ1n) is 7.43. The molecule has 2 rings (SSSR count). The number of likely N-dealkylation sites (tertiary alicyclic amines) is 1. The third-order valence-electron chi connectivity index (χ3n) is 3.82. The molecule has 1 fully saturated rings. The lowest BCUT2D eigenvalue weighted by molar-refractivity contribution is 0.0678. The van der Waals surface area contributed by atoms with Gasteiger partial charge in [0.05, 0.1) is 18.2 Å². The second-order valence-electron chi connectivity index (χ2n) is 5.45. The van der Waals surface area contributed by atoms with Gasteiger partial charge >= 0.3 is 0 Å². The van der Waals surface area contributed by atoms with Crippen molar-refractivity contribution in [3.05, 3.63) is 29.3 Å². The summed E-state index contributed by atoms with van der Waals surface area (Å²) in [6.45, 7) is 5.74. The molecule has 1 aliphatic heterocycles. The number of carbonyl (C=O) groups is 1. The molecule has 1 amide bonds. The van der Waals surface area contributed by atoms with Crippen molar-refractivity contribution in [2.75, 3.05) is 25.0 Å². The normalized spacial score (nSPS) is 18.4. The second kappa shape index (κ2) is 6.75. The molecule has 0 saturated carbocycles. The van der Waals surface area contributed by atoms with Crippen LogP contribution in [-0.2, 0) is 0 Å². The van der Waals surface area contributed by atoms with E-state index in [9.17, 15) is 9.90 Å². The summed E-state index contributed by atoms with van der Waals surface area (Å²) in [5, 5.41) is 12.7. The van der Waals surface area contributed by atoms with Crippen molar-refractivity contribution < 1.29 is 9.90 Å². The fourth-order valence-corrected chi connectivity index (χ4v) is 2.70. The van der Waals surface area contributed by atoms with E-state index >= 15 is 0 Å². The number of nitrogens with one attached hydrogen (secondary N) is 1. The molecule has 0 bridgehead atoms. The molecule has 0 spiro atoms. The molecule has 110 valence electrons. The Bertz CT molecular complexity index is 474. The quantitative estimate of drug-likeness (QED) is 0.868. The summed E-state index contributed by atoms with van der Waals surface area (Å²) in [4.78, 5) is 14.5. The van der Waals surface area contributed by atoms with Crippen LogP contribution >= 0.6 is 0 Å². The van der Waals surface area contributed by atoms with Crippen LogP contribution in [0, 0.1) is 6.92 Å². The molecule has 1 aromatic rings. The van der Waals surface area contributed by atoms with Gasteiger partial charge in [0, 0.05) is 18.8 Å². The average molecular weight is 276 g/mol. The van der Waals surface area contributed by atoms with Gasteiger partial charge in [-0.1, -0.05) is 18.6 Å². The maximum atomic E-state index is 12.7. The molecule has 0 aromatic heterocycles. The third-order valence-corrected chi connectivity index (χ3v) is 3.82. The van der Waals surface area contributed by atoms with E-state index in [1.807, 2.05) is 30.0 Å².